The number of hydrogen-bond donors (Lipinski definition) is 1. The Morgan fingerprint density at radius 3 is 2.31 bits per heavy atom. The Kier molecular flexibility index (Phi) is 4.92. The van der Waals surface area contributed by atoms with Gasteiger partial charge in [0, 0.05) is 25.0 Å². The van der Waals surface area contributed by atoms with Gasteiger partial charge in [0.25, 0.3) is 5.91 Å². The van der Waals surface area contributed by atoms with Crippen LogP contribution in [-0.2, 0) is 10.3 Å². The first-order chi connectivity index (χ1) is 15.4. The molecule has 1 aliphatic carbocycles. The predicted octanol–water partition coefficient (Wildman–Crippen LogP) is 3.14. The molecule has 3 atom stereocenters. The molecule has 1 N–H and O–H groups in total. The summed E-state index contributed by atoms with van der Waals surface area (Å²) in [7, 11) is 0. The number of benzene rings is 2. The summed E-state index contributed by atoms with van der Waals surface area (Å²) in [6.45, 7) is 4.92. The number of piperazine rings is 1. The minimum Gasteiger partial charge on any atom is -0.329 e. The number of urea groups is 2. The fourth-order valence-electron chi connectivity index (χ4n) is 4.90. The highest BCUT2D eigenvalue weighted by Gasteiger charge is 2.56. The summed E-state index contributed by atoms with van der Waals surface area (Å²) in [5.41, 5.74) is 1.62. The predicted molar refractivity (Wildman–Crippen MR) is 120 cm³/mol. The zero-order chi connectivity index (χ0) is 22.5. The molecule has 3 unspecified atom stereocenters. The summed E-state index contributed by atoms with van der Waals surface area (Å²) < 4.78 is 0. The van der Waals surface area contributed by atoms with E-state index in [2.05, 4.69) is 5.32 Å². The molecule has 2 saturated heterocycles. The highest BCUT2D eigenvalue weighted by Crippen LogP contribution is 2.46. The lowest BCUT2D eigenvalue weighted by Gasteiger charge is -2.37. The molecule has 1 saturated carbocycles. The van der Waals surface area contributed by atoms with Crippen LogP contribution in [0.15, 0.2) is 60.7 Å². The van der Waals surface area contributed by atoms with Crippen LogP contribution in [0.1, 0.15) is 37.3 Å². The van der Waals surface area contributed by atoms with Gasteiger partial charge in [-0.15, -0.1) is 0 Å². The molecule has 2 heterocycles. The third kappa shape index (κ3) is 3.51. The van der Waals surface area contributed by atoms with E-state index >= 15 is 0 Å². The van der Waals surface area contributed by atoms with Crippen molar-refractivity contribution in [1.29, 1.82) is 0 Å². The first-order valence-corrected chi connectivity index (χ1v) is 11.2. The van der Waals surface area contributed by atoms with Gasteiger partial charge in [-0.1, -0.05) is 60.7 Å². The number of carbonyl (C=O) groups is 3. The van der Waals surface area contributed by atoms with Crippen molar-refractivity contribution in [3.8, 4) is 0 Å². The second-order valence-corrected chi connectivity index (χ2v) is 9.39. The lowest BCUT2D eigenvalue weighted by Crippen LogP contribution is -2.58. The van der Waals surface area contributed by atoms with Crippen molar-refractivity contribution in [3.63, 3.8) is 0 Å². The van der Waals surface area contributed by atoms with Crippen LogP contribution < -0.4 is 5.32 Å². The van der Waals surface area contributed by atoms with Crippen molar-refractivity contribution in [2.75, 3.05) is 19.6 Å². The Balaban J connectivity index is 1.26. The smallest absolute Gasteiger partial charge is 0.327 e. The normalized spacial score (nSPS) is 25.1. The summed E-state index contributed by atoms with van der Waals surface area (Å²) in [5, 5.41) is 3.08. The van der Waals surface area contributed by atoms with Gasteiger partial charge in [-0.3, -0.25) is 9.69 Å². The van der Waals surface area contributed by atoms with Crippen molar-refractivity contribution in [1.82, 2.24) is 20.0 Å². The molecule has 5 amide bonds. The zero-order valence-electron chi connectivity index (χ0n) is 18.4. The molecule has 5 rings (SSSR count). The van der Waals surface area contributed by atoms with Gasteiger partial charge in [0.05, 0.1) is 12.1 Å². The molecular weight excluding hydrogens is 404 g/mol. The second-order valence-electron chi connectivity index (χ2n) is 9.39. The van der Waals surface area contributed by atoms with E-state index in [1.54, 1.807) is 9.80 Å². The Labute approximate surface area is 188 Å². The maximum absolute atomic E-state index is 13.2. The molecule has 32 heavy (non-hydrogen) atoms. The summed E-state index contributed by atoms with van der Waals surface area (Å²) in [6, 6.07) is 18.7. The van der Waals surface area contributed by atoms with Gasteiger partial charge in [0.1, 0.15) is 6.04 Å². The van der Waals surface area contributed by atoms with Crippen molar-refractivity contribution >= 4 is 18.0 Å². The molecular formula is C25H28N4O3. The molecule has 166 valence electrons. The van der Waals surface area contributed by atoms with Gasteiger partial charge in [-0.05, 0) is 31.4 Å². The largest absolute Gasteiger partial charge is 0.329 e. The summed E-state index contributed by atoms with van der Waals surface area (Å²) in [6.07, 6.45) is 0.803. The van der Waals surface area contributed by atoms with Gasteiger partial charge in [-0.25, -0.2) is 9.59 Å². The minimum absolute atomic E-state index is 0.0812. The molecule has 0 bridgehead atoms. The molecule has 0 spiro atoms. The third-order valence-electron chi connectivity index (χ3n) is 6.87. The van der Waals surface area contributed by atoms with Crippen LogP contribution in [0.3, 0.4) is 0 Å². The average molecular weight is 433 g/mol. The third-order valence-corrected chi connectivity index (χ3v) is 6.87. The van der Waals surface area contributed by atoms with E-state index < -0.39 is 11.6 Å². The second kappa shape index (κ2) is 7.65. The van der Waals surface area contributed by atoms with Crippen LogP contribution in [0.4, 0.5) is 9.59 Å². The number of rotatable bonds is 4. The SMILES string of the molecule is CC(C)(NC(=O)N1CCN2C(=O)N(C3CC3c3ccccc3)C(=O)C2C1)c1ccccc1. The number of fused-ring (bicyclic) bond motifs is 1. The number of nitrogens with zero attached hydrogens (tertiary/aromatic N) is 3. The van der Waals surface area contributed by atoms with Gasteiger partial charge in [0.2, 0.25) is 0 Å². The van der Waals surface area contributed by atoms with E-state index in [1.807, 2.05) is 74.5 Å². The molecule has 7 nitrogen and oxygen atoms in total. The quantitative estimate of drug-likeness (QED) is 0.755. The molecule has 2 aromatic carbocycles. The Morgan fingerprint density at radius 1 is 0.969 bits per heavy atom. The Bertz CT molecular complexity index is 1040. The molecule has 2 aromatic rings. The molecule has 0 aromatic heterocycles. The van der Waals surface area contributed by atoms with Crippen LogP contribution in [0.25, 0.3) is 0 Å². The van der Waals surface area contributed by atoms with Crippen molar-refractivity contribution in [2.45, 2.75) is 43.8 Å². The summed E-state index contributed by atoms with van der Waals surface area (Å²) >= 11 is 0. The zero-order valence-corrected chi connectivity index (χ0v) is 18.4. The molecule has 3 aliphatic rings. The molecule has 3 fully saturated rings. The van der Waals surface area contributed by atoms with Crippen LogP contribution in [-0.4, -0.2) is 64.4 Å². The molecule has 0 radical (unpaired) electrons. The molecule has 2 aliphatic heterocycles. The Hall–Kier alpha value is -3.35. The summed E-state index contributed by atoms with van der Waals surface area (Å²) in [5.74, 6) is 0.0229. The van der Waals surface area contributed by atoms with Gasteiger partial charge in [0.15, 0.2) is 0 Å². The van der Waals surface area contributed by atoms with Crippen LogP contribution in [0.5, 0.6) is 0 Å². The van der Waals surface area contributed by atoms with Crippen molar-refractivity contribution in [3.05, 3.63) is 71.8 Å². The lowest BCUT2D eigenvalue weighted by molar-refractivity contribution is -0.129. The highest BCUT2D eigenvalue weighted by molar-refractivity contribution is 6.05. The number of carbonyl (C=O) groups excluding carboxylic acids is 3. The average Bonchev–Trinajstić information content (AvgIpc) is 3.55. The van der Waals surface area contributed by atoms with Gasteiger partial charge >= 0.3 is 12.1 Å². The van der Waals surface area contributed by atoms with Gasteiger partial charge < -0.3 is 15.1 Å². The van der Waals surface area contributed by atoms with Crippen LogP contribution >= 0.6 is 0 Å². The maximum atomic E-state index is 13.2. The number of nitrogens with one attached hydrogen (secondary N) is 1. The number of amides is 5. The number of imide groups is 1. The van der Waals surface area contributed by atoms with E-state index in [0.29, 0.717) is 13.1 Å². The summed E-state index contributed by atoms with van der Waals surface area (Å²) in [4.78, 5) is 43.9. The van der Waals surface area contributed by atoms with E-state index in [9.17, 15) is 14.4 Å². The number of hydrogen-bond acceptors (Lipinski definition) is 3. The van der Waals surface area contributed by atoms with Crippen LogP contribution in [0.2, 0.25) is 0 Å². The topological polar surface area (TPSA) is 73.0 Å². The van der Waals surface area contributed by atoms with Gasteiger partial charge in [-0.2, -0.15) is 0 Å². The van der Waals surface area contributed by atoms with E-state index in [-0.39, 0.29) is 36.5 Å². The lowest BCUT2D eigenvalue weighted by atomic mass is 9.94. The fraction of sp³-hybridized carbons (Fsp3) is 0.400. The standard InChI is InChI=1S/C25H28N4O3/c1-25(2,18-11-7-4-8-12-18)26-23(31)27-13-14-28-21(16-27)22(30)29(24(28)32)20-15-19(20)17-9-5-3-6-10-17/h3-12,19-21H,13-16H2,1-2H3,(H,26,31). The molecule has 7 heteroatoms. The first kappa shape index (κ1) is 20.5. The Morgan fingerprint density at radius 2 is 1.62 bits per heavy atom. The monoisotopic (exact) mass is 432 g/mol. The maximum Gasteiger partial charge on any atom is 0.327 e. The van der Waals surface area contributed by atoms with Crippen molar-refractivity contribution < 1.29 is 14.4 Å². The highest BCUT2D eigenvalue weighted by atomic mass is 16.2. The van der Waals surface area contributed by atoms with E-state index in [4.69, 9.17) is 0 Å². The fourth-order valence-corrected chi connectivity index (χ4v) is 4.90. The van der Waals surface area contributed by atoms with E-state index in [0.717, 1.165) is 17.5 Å². The van der Waals surface area contributed by atoms with Crippen LogP contribution in [0, 0.1) is 0 Å². The first-order valence-electron chi connectivity index (χ1n) is 11.2. The minimum atomic E-state index is -0.598. The van der Waals surface area contributed by atoms with Crippen molar-refractivity contribution in [2.24, 2.45) is 0 Å². The van der Waals surface area contributed by atoms with E-state index in [1.165, 1.54) is 4.90 Å².